The minimum Gasteiger partial charge on any atom is -0.452 e. The summed E-state index contributed by atoms with van der Waals surface area (Å²) in [6.07, 6.45) is 1.73. The van der Waals surface area contributed by atoms with Gasteiger partial charge in [0, 0.05) is 6.04 Å². The number of amides is 1. The number of esters is 1. The number of nitrogens with one attached hydrogen (secondary N) is 1. The molecule has 1 amide bonds. The zero-order chi connectivity index (χ0) is 18.2. The molecule has 0 aromatic heterocycles. The summed E-state index contributed by atoms with van der Waals surface area (Å²) < 4.78 is 5.14. The molecule has 0 saturated heterocycles. The van der Waals surface area contributed by atoms with Crippen LogP contribution in [0, 0.1) is 13.8 Å². The van der Waals surface area contributed by atoms with Crippen molar-refractivity contribution in [3.8, 4) is 0 Å². The Kier molecular flexibility index (Phi) is 6.75. The average molecular weight is 339 g/mol. The second-order valence-electron chi connectivity index (χ2n) is 6.32. The fraction of sp³-hybridized carbons (Fsp3) is 0.333. The van der Waals surface area contributed by atoms with Crippen molar-refractivity contribution in [3.05, 3.63) is 70.8 Å². The second-order valence-corrected chi connectivity index (χ2v) is 6.32. The quantitative estimate of drug-likeness (QED) is 0.784. The van der Waals surface area contributed by atoms with Gasteiger partial charge in [0.1, 0.15) is 0 Å². The summed E-state index contributed by atoms with van der Waals surface area (Å²) in [4.78, 5) is 24.1. The number of rotatable bonds is 7. The minimum absolute atomic E-state index is 0.0205. The lowest BCUT2D eigenvalue weighted by Crippen LogP contribution is -2.36. The van der Waals surface area contributed by atoms with Crippen molar-refractivity contribution in [2.24, 2.45) is 0 Å². The van der Waals surface area contributed by atoms with Crippen LogP contribution in [0.1, 0.15) is 40.4 Å². The predicted molar refractivity (Wildman–Crippen MR) is 98.6 cm³/mol. The molecular formula is C21H25NO3. The number of carbonyl (C=O) groups excluding carboxylic acids is 2. The van der Waals surface area contributed by atoms with Gasteiger partial charge in [0.2, 0.25) is 0 Å². The highest BCUT2D eigenvalue weighted by Gasteiger charge is 2.14. The van der Waals surface area contributed by atoms with Crippen LogP contribution < -0.4 is 5.32 Å². The van der Waals surface area contributed by atoms with Crippen LogP contribution >= 0.6 is 0 Å². The first-order valence-electron chi connectivity index (χ1n) is 8.54. The van der Waals surface area contributed by atoms with Gasteiger partial charge in [0.25, 0.3) is 5.91 Å². The monoisotopic (exact) mass is 339 g/mol. The van der Waals surface area contributed by atoms with Crippen LogP contribution in [-0.4, -0.2) is 24.5 Å². The first-order chi connectivity index (χ1) is 12.0. The highest BCUT2D eigenvalue weighted by Crippen LogP contribution is 2.13. The standard InChI is InChI=1S/C21H25NO3/c1-15-8-7-11-19(17(15)3)21(24)25-14-20(23)22-16(2)12-13-18-9-5-4-6-10-18/h4-11,16H,12-14H2,1-3H3,(H,22,23)/t16-/m0/s1. The van der Waals surface area contributed by atoms with Crippen molar-refractivity contribution < 1.29 is 14.3 Å². The van der Waals surface area contributed by atoms with Crippen molar-refractivity contribution in [2.75, 3.05) is 6.61 Å². The Labute approximate surface area is 149 Å². The molecule has 0 bridgehead atoms. The molecule has 25 heavy (non-hydrogen) atoms. The van der Waals surface area contributed by atoms with Gasteiger partial charge in [0.05, 0.1) is 5.56 Å². The molecule has 0 saturated carbocycles. The number of benzene rings is 2. The van der Waals surface area contributed by atoms with Crippen molar-refractivity contribution in [1.82, 2.24) is 5.32 Å². The van der Waals surface area contributed by atoms with E-state index in [1.807, 2.05) is 51.1 Å². The summed E-state index contributed by atoms with van der Waals surface area (Å²) in [6, 6.07) is 15.6. The summed E-state index contributed by atoms with van der Waals surface area (Å²) in [5.41, 5.74) is 3.65. The normalized spacial score (nSPS) is 11.6. The van der Waals surface area contributed by atoms with Gasteiger partial charge in [-0.25, -0.2) is 4.79 Å². The molecule has 4 nitrogen and oxygen atoms in total. The molecule has 2 aromatic rings. The van der Waals surface area contributed by atoms with E-state index in [1.165, 1.54) is 5.56 Å². The number of carbonyl (C=O) groups is 2. The van der Waals surface area contributed by atoms with Gasteiger partial charge in [-0.2, -0.15) is 0 Å². The first-order valence-corrected chi connectivity index (χ1v) is 8.54. The lowest BCUT2D eigenvalue weighted by atomic mass is 10.0. The average Bonchev–Trinajstić information content (AvgIpc) is 2.61. The van der Waals surface area contributed by atoms with Crippen LogP contribution in [0.3, 0.4) is 0 Å². The van der Waals surface area contributed by atoms with Crippen LogP contribution in [0.4, 0.5) is 0 Å². The molecule has 0 spiro atoms. The van der Waals surface area contributed by atoms with Crippen LogP contribution in [0.25, 0.3) is 0 Å². The van der Waals surface area contributed by atoms with Crippen molar-refractivity contribution in [2.45, 2.75) is 39.7 Å². The Morgan fingerprint density at radius 1 is 1.04 bits per heavy atom. The lowest BCUT2D eigenvalue weighted by molar-refractivity contribution is -0.124. The topological polar surface area (TPSA) is 55.4 Å². The lowest BCUT2D eigenvalue weighted by Gasteiger charge is -2.14. The zero-order valence-corrected chi connectivity index (χ0v) is 15.0. The maximum Gasteiger partial charge on any atom is 0.338 e. The largest absolute Gasteiger partial charge is 0.452 e. The predicted octanol–water partition coefficient (Wildman–Crippen LogP) is 3.60. The van der Waals surface area contributed by atoms with E-state index in [0.717, 1.165) is 24.0 Å². The van der Waals surface area contributed by atoms with E-state index < -0.39 is 5.97 Å². The number of ether oxygens (including phenoxy) is 1. The van der Waals surface area contributed by atoms with Crippen LogP contribution in [0.15, 0.2) is 48.5 Å². The third-order valence-electron chi connectivity index (χ3n) is 4.28. The van der Waals surface area contributed by atoms with E-state index in [-0.39, 0.29) is 18.6 Å². The third kappa shape index (κ3) is 5.75. The Morgan fingerprint density at radius 2 is 1.76 bits per heavy atom. The van der Waals surface area contributed by atoms with Gasteiger partial charge < -0.3 is 10.1 Å². The molecule has 1 atom stereocenters. The van der Waals surface area contributed by atoms with Gasteiger partial charge in [-0.05, 0) is 56.4 Å². The van der Waals surface area contributed by atoms with Gasteiger partial charge in [-0.15, -0.1) is 0 Å². The summed E-state index contributed by atoms with van der Waals surface area (Å²) in [5.74, 6) is -0.743. The molecule has 0 aliphatic heterocycles. The van der Waals surface area contributed by atoms with Gasteiger partial charge in [0.15, 0.2) is 6.61 Å². The smallest absolute Gasteiger partial charge is 0.338 e. The molecule has 0 heterocycles. The van der Waals surface area contributed by atoms with E-state index in [4.69, 9.17) is 4.74 Å². The Balaban J connectivity index is 1.76. The zero-order valence-electron chi connectivity index (χ0n) is 15.0. The SMILES string of the molecule is Cc1cccc(C(=O)OCC(=O)N[C@@H](C)CCc2ccccc2)c1C. The van der Waals surface area contributed by atoms with Crippen LogP contribution in [-0.2, 0) is 16.0 Å². The number of hydrogen-bond acceptors (Lipinski definition) is 3. The summed E-state index contributed by atoms with van der Waals surface area (Å²) in [7, 11) is 0. The fourth-order valence-corrected chi connectivity index (χ4v) is 2.60. The van der Waals surface area contributed by atoms with Crippen molar-refractivity contribution in [1.29, 1.82) is 0 Å². The van der Waals surface area contributed by atoms with E-state index in [2.05, 4.69) is 17.4 Å². The molecule has 1 N–H and O–H groups in total. The highest BCUT2D eigenvalue weighted by atomic mass is 16.5. The van der Waals surface area contributed by atoms with E-state index in [0.29, 0.717) is 5.56 Å². The van der Waals surface area contributed by atoms with Gasteiger partial charge >= 0.3 is 5.97 Å². The minimum atomic E-state index is -0.465. The van der Waals surface area contributed by atoms with Crippen molar-refractivity contribution >= 4 is 11.9 Å². The fourth-order valence-electron chi connectivity index (χ4n) is 2.60. The number of aryl methyl sites for hydroxylation is 2. The van der Waals surface area contributed by atoms with Crippen LogP contribution in [0.5, 0.6) is 0 Å². The molecule has 2 rings (SSSR count). The summed E-state index contributed by atoms with van der Waals surface area (Å²) >= 11 is 0. The maximum atomic E-state index is 12.1. The van der Waals surface area contributed by atoms with Gasteiger partial charge in [-0.3, -0.25) is 4.79 Å². The molecule has 132 valence electrons. The molecular weight excluding hydrogens is 314 g/mol. The molecule has 0 unspecified atom stereocenters. The molecule has 0 fully saturated rings. The third-order valence-corrected chi connectivity index (χ3v) is 4.28. The molecule has 0 aliphatic carbocycles. The van der Waals surface area contributed by atoms with E-state index in [1.54, 1.807) is 6.07 Å². The molecule has 2 aromatic carbocycles. The van der Waals surface area contributed by atoms with E-state index in [9.17, 15) is 9.59 Å². The summed E-state index contributed by atoms with van der Waals surface area (Å²) in [5, 5.41) is 2.87. The highest BCUT2D eigenvalue weighted by molar-refractivity contribution is 5.93. The van der Waals surface area contributed by atoms with Gasteiger partial charge in [-0.1, -0.05) is 42.5 Å². The Hall–Kier alpha value is -2.62. The molecule has 4 heteroatoms. The maximum absolute atomic E-state index is 12.1. The van der Waals surface area contributed by atoms with Crippen molar-refractivity contribution in [3.63, 3.8) is 0 Å². The molecule has 0 aliphatic rings. The Bertz CT molecular complexity index is 725. The molecule has 0 radical (unpaired) electrons. The second kappa shape index (κ2) is 9.02. The first kappa shape index (κ1) is 18.7. The van der Waals surface area contributed by atoms with Crippen LogP contribution in [0.2, 0.25) is 0 Å². The summed E-state index contributed by atoms with van der Waals surface area (Å²) in [6.45, 7) is 5.50. The van der Waals surface area contributed by atoms with E-state index >= 15 is 0 Å². The Morgan fingerprint density at radius 3 is 2.48 bits per heavy atom. The number of hydrogen-bond donors (Lipinski definition) is 1.